The molecule has 0 N–H and O–H groups in total. The maximum absolute atomic E-state index is 13.4. The fraction of sp³-hybridized carbons (Fsp3) is 0.0667. The van der Waals surface area contributed by atoms with Crippen molar-refractivity contribution in [1.82, 2.24) is 4.98 Å². The van der Waals surface area contributed by atoms with Gasteiger partial charge >= 0.3 is 0 Å². The topological polar surface area (TPSA) is 42.4 Å². The van der Waals surface area contributed by atoms with E-state index in [1.165, 1.54) is 0 Å². The Kier molecular flexibility index (Phi) is 6.01. The first kappa shape index (κ1) is 22.5. The largest absolute Gasteiger partial charge is 0.482 e. The number of anilines is 1. The quantitative estimate of drug-likeness (QED) is 0.245. The standard InChI is InChI=1S/C30H21ClN2O2S/c31-24-14-8-7-13-23(24)30-32-25(19-36-30)22-15-16-27-26(17-22)33(28(34)18-35-27)29(20-9-3-1-4-10-20)21-11-5-2-6-12-21/h1-17,19,29H,18H2. The lowest BCUT2D eigenvalue weighted by atomic mass is 9.95. The van der Waals surface area contributed by atoms with Gasteiger partial charge < -0.3 is 4.74 Å². The van der Waals surface area contributed by atoms with Crippen molar-refractivity contribution in [2.45, 2.75) is 6.04 Å². The molecule has 0 bridgehead atoms. The summed E-state index contributed by atoms with van der Waals surface area (Å²) in [7, 11) is 0. The molecule has 1 amide bonds. The van der Waals surface area contributed by atoms with Gasteiger partial charge in [-0.1, -0.05) is 90.5 Å². The fourth-order valence-corrected chi connectivity index (χ4v) is 5.69. The zero-order valence-electron chi connectivity index (χ0n) is 19.2. The Bertz CT molecular complexity index is 1500. The Balaban J connectivity index is 1.45. The van der Waals surface area contributed by atoms with Crippen LogP contribution in [0, 0.1) is 0 Å². The van der Waals surface area contributed by atoms with E-state index in [2.05, 4.69) is 24.3 Å². The summed E-state index contributed by atoms with van der Waals surface area (Å²) in [6.45, 7) is -0.00410. The van der Waals surface area contributed by atoms with E-state index in [4.69, 9.17) is 21.3 Å². The van der Waals surface area contributed by atoms with Crippen LogP contribution in [-0.4, -0.2) is 17.5 Å². The lowest BCUT2D eigenvalue weighted by molar-refractivity contribution is -0.121. The van der Waals surface area contributed by atoms with Crippen LogP contribution in [0.3, 0.4) is 0 Å². The van der Waals surface area contributed by atoms with E-state index in [0.29, 0.717) is 10.8 Å². The number of fused-ring (bicyclic) bond motifs is 1. The van der Waals surface area contributed by atoms with Crippen molar-refractivity contribution in [3.8, 4) is 27.6 Å². The predicted octanol–water partition coefficient (Wildman–Crippen LogP) is 7.65. The first-order valence-electron chi connectivity index (χ1n) is 11.6. The van der Waals surface area contributed by atoms with Crippen molar-refractivity contribution in [2.75, 3.05) is 11.5 Å². The van der Waals surface area contributed by atoms with E-state index in [9.17, 15) is 4.79 Å². The van der Waals surface area contributed by atoms with Gasteiger partial charge in [-0.3, -0.25) is 9.69 Å². The van der Waals surface area contributed by atoms with E-state index < -0.39 is 0 Å². The summed E-state index contributed by atoms with van der Waals surface area (Å²) in [4.78, 5) is 20.1. The highest BCUT2D eigenvalue weighted by Gasteiger charge is 2.34. The van der Waals surface area contributed by atoms with Crippen LogP contribution in [0.15, 0.2) is 109 Å². The van der Waals surface area contributed by atoms with Crippen molar-refractivity contribution in [3.05, 3.63) is 125 Å². The smallest absolute Gasteiger partial charge is 0.265 e. The van der Waals surface area contributed by atoms with Crippen LogP contribution in [0.2, 0.25) is 5.02 Å². The number of carbonyl (C=O) groups excluding carboxylic acids is 1. The first-order chi connectivity index (χ1) is 17.7. The molecular formula is C30H21ClN2O2S. The Morgan fingerprint density at radius 1 is 0.861 bits per heavy atom. The number of carbonyl (C=O) groups is 1. The molecule has 4 nitrogen and oxygen atoms in total. The lowest BCUT2D eigenvalue weighted by Crippen LogP contribution is -2.42. The van der Waals surface area contributed by atoms with Gasteiger partial charge in [0.1, 0.15) is 10.8 Å². The van der Waals surface area contributed by atoms with Crippen LogP contribution in [0.5, 0.6) is 5.75 Å². The predicted molar refractivity (Wildman–Crippen MR) is 146 cm³/mol. The number of benzene rings is 4. The van der Waals surface area contributed by atoms with Crippen molar-refractivity contribution in [3.63, 3.8) is 0 Å². The number of aromatic nitrogens is 1. The highest BCUT2D eigenvalue weighted by molar-refractivity contribution is 7.13. The van der Waals surface area contributed by atoms with Crippen LogP contribution in [0.4, 0.5) is 5.69 Å². The minimum atomic E-state index is -0.285. The summed E-state index contributed by atoms with van der Waals surface area (Å²) in [5.74, 6) is 0.587. The number of thiazole rings is 1. The van der Waals surface area contributed by atoms with Gasteiger partial charge in [-0.2, -0.15) is 0 Å². The third-order valence-corrected chi connectivity index (χ3v) is 7.44. The number of ether oxygens (including phenoxy) is 1. The lowest BCUT2D eigenvalue weighted by Gasteiger charge is -2.36. The second-order valence-electron chi connectivity index (χ2n) is 8.48. The molecule has 2 heterocycles. The number of rotatable bonds is 5. The molecule has 5 aromatic rings. The van der Waals surface area contributed by atoms with Crippen molar-refractivity contribution in [2.24, 2.45) is 0 Å². The molecule has 0 saturated heterocycles. The van der Waals surface area contributed by atoms with Crippen molar-refractivity contribution >= 4 is 34.5 Å². The maximum Gasteiger partial charge on any atom is 0.265 e. The number of hydrogen-bond acceptors (Lipinski definition) is 4. The van der Waals surface area contributed by atoms with Crippen molar-refractivity contribution in [1.29, 1.82) is 0 Å². The van der Waals surface area contributed by atoms with E-state index >= 15 is 0 Å². The Morgan fingerprint density at radius 2 is 1.53 bits per heavy atom. The van der Waals surface area contributed by atoms with E-state index in [-0.39, 0.29) is 18.6 Å². The van der Waals surface area contributed by atoms with Crippen LogP contribution in [0.25, 0.3) is 21.8 Å². The fourth-order valence-electron chi connectivity index (χ4n) is 4.54. The minimum absolute atomic E-state index is 0.00410. The van der Waals surface area contributed by atoms with Crippen LogP contribution in [-0.2, 0) is 4.79 Å². The molecular weight excluding hydrogens is 488 g/mol. The van der Waals surface area contributed by atoms with Crippen LogP contribution < -0.4 is 9.64 Å². The highest BCUT2D eigenvalue weighted by Crippen LogP contribution is 2.43. The molecule has 0 fully saturated rings. The molecule has 0 spiro atoms. The van der Waals surface area contributed by atoms with Gasteiger partial charge in [0.05, 0.1) is 22.4 Å². The molecule has 0 unspecified atom stereocenters. The van der Waals surface area contributed by atoms with E-state index in [0.717, 1.165) is 38.6 Å². The van der Waals surface area contributed by atoms with Crippen molar-refractivity contribution < 1.29 is 9.53 Å². The third kappa shape index (κ3) is 4.17. The average Bonchev–Trinajstić information content (AvgIpc) is 3.41. The molecule has 1 aliphatic heterocycles. The molecule has 1 aliphatic rings. The summed E-state index contributed by atoms with van der Waals surface area (Å²) in [5.41, 5.74) is 5.43. The van der Waals surface area contributed by atoms with Crippen LogP contribution in [0.1, 0.15) is 17.2 Å². The summed E-state index contributed by atoms with van der Waals surface area (Å²) in [6.07, 6.45) is 0. The Morgan fingerprint density at radius 3 is 2.22 bits per heavy atom. The molecule has 176 valence electrons. The molecule has 4 aromatic carbocycles. The van der Waals surface area contributed by atoms with Gasteiger partial charge in [0.2, 0.25) is 0 Å². The van der Waals surface area contributed by atoms with E-state index in [1.807, 2.05) is 89.1 Å². The molecule has 0 saturated carbocycles. The van der Waals surface area contributed by atoms with Gasteiger partial charge in [-0.25, -0.2) is 4.98 Å². The first-order valence-corrected chi connectivity index (χ1v) is 12.8. The monoisotopic (exact) mass is 508 g/mol. The zero-order valence-corrected chi connectivity index (χ0v) is 20.7. The highest BCUT2D eigenvalue weighted by atomic mass is 35.5. The van der Waals surface area contributed by atoms with E-state index in [1.54, 1.807) is 11.3 Å². The third-order valence-electron chi connectivity index (χ3n) is 6.23. The number of amides is 1. The summed E-state index contributed by atoms with van der Waals surface area (Å²) < 4.78 is 5.84. The van der Waals surface area contributed by atoms with Gasteiger partial charge in [-0.05, 0) is 35.4 Å². The number of nitrogens with zero attached hydrogens (tertiary/aromatic N) is 2. The molecule has 6 rings (SSSR count). The molecule has 6 heteroatoms. The maximum atomic E-state index is 13.4. The normalized spacial score (nSPS) is 12.9. The summed E-state index contributed by atoms with van der Waals surface area (Å²) in [6, 6.07) is 33.5. The molecule has 0 atom stereocenters. The average molecular weight is 509 g/mol. The second kappa shape index (κ2) is 9.61. The van der Waals surface area contributed by atoms with Gasteiger partial charge in [-0.15, -0.1) is 11.3 Å². The number of halogens is 1. The Labute approximate surface area is 218 Å². The summed E-state index contributed by atoms with van der Waals surface area (Å²) >= 11 is 7.94. The Hall–Kier alpha value is -3.93. The van der Waals surface area contributed by atoms with Gasteiger partial charge in [0.15, 0.2) is 6.61 Å². The minimum Gasteiger partial charge on any atom is -0.482 e. The molecule has 0 aliphatic carbocycles. The molecule has 36 heavy (non-hydrogen) atoms. The SMILES string of the molecule is O=C1COc2ccc(-c3csc(-c4ccccc4Cl)n3)cc2N1C(c1ccccc1)c1ccccc1. The zero-order chi connectivity index (χ0) is 24.5. The van der Waals surface area contributed by atoms with Gasteiger partial charge in [0.25, 0.3) is 5.91 Å². The molecule has 0 radical (unpaired) electrons. The number of hydrogen-bond donors (Lipinski definition) is 0. The van der Waals surface area contributed by atoms with Crippen LogP contribution >= 0.6 is 22.9 Å². The second-order valence-corrected chi connectivity index (χ2v) is 9.74. The molecule has 1 aromatic heterocycles. The van der Waals surface area contributed by atoms with Gasteiger partial charge in [0, 0.05) is 16.5 Å². The summed E-state index contributed by atoms with van der Waals surface area (Å²) in [5, 5.41) is 3.54.